The molecule has 1 heterocycles. The van der Waals surface area contributed by atoms with Gasteiger partial charge in [0.15, 0.2) is 5.82 Å². The molecule has 4 rings (SSSR count). The largest absolute Gasteiger partial charge is 0.507 e. The number of fused-ring (bicyclic) bond motifs is 2. The molecule has 0 aliphatic carbocycles. The fraction of sp³-hybridized carbons (Fsp3) is 0.0909. The van der Waals surface area contributed by atoms with Gasteiger partial charge >= 0.3 is 5.97 Å². The topological polar surface area (TPSA) is 105 Å². The van der Waals surface area contributed by atoms with Crippen molar-refractivity contribution < 1.29 is 14.6 Å². The van der Waals surface area contributed by atoms with Gasteiger partial charge in [-0.15, -0.1) is 0 Å². The zero-order chi connectivity index (χ0) is 20.4. The minimum atomic E-state index is -0.751. The van der Waals surface area contributed by atoms with E-state index in [9.17, 15) is 14.7 Å². The Hall–Kier alpha value is -4.18. The molecule has 0 bridgehead atoms. The second-order valence-electron chi connectivity index (χ2n) is 6.39. The van der Waals surface area contributed by atoms with Gasteiger partial charge in [-0.2, -0.15) is 5.26 Å². The maximum Gasteiger partial charge on any atom is 0.342 e. The van der Waals surface area contributed by atoms with Crippen LogP contribution in [0.2, 0.25) is 0 Å². The molecule has 0 saturated heterocycles. The summed E-state index contributed by atoms with van der Waals surface area (Å²) in [4.78, 5) is 29.5. The molecule has 0 atom stereocenters. The summed E-state index contributed by atoms with van der Waals surface area (Å²) < 4.78 is 6.48. The number of aromatic nitrogens is 2. The van der Waals surface area contributed by atoms with E-state index in [0.717, 1.165) is 10.8 Å². The molecule has 0 amide bonds. The molecular formula is C22H15N3O4. The van der Waals surface area contributed by atoms with Crippen molar-refractivity contribution in [2.24, 2.45) is 0 Å². The van der Waals surface area contributed by atoms with Crippen molar-refractivity contribution in [2.75, 3.05) is 0 Å². The van der Waals surface area contributed by atoms with Crippen LogP contribution in [-0.2, 0) is 17.9 Å². The van der Waals surface area contributed by atoms with Crippen molar-refractivity contribution in [1.82, 2.24) is 9.55 Å². The van der Waals surface area contributed by atoms with E-state index < -0.39 is 5.97 Å². The van der Waals surface area contributed by atoms with Gasteiger partial charge in [-0.05, 0) is 35.0 Å². The summed E-state index contributed by atoms with van der Waals surface area (Å²) in [7, 11) is 0. The summed E-state index contributed by atoms with van der Waals surface area (Å²) in [5.74, 6) is -0.794. The number of nitrogens with zero attached hydrogens (tertiary/aromatic N) is 3. The minimum absolute atomic E-state index is 0.0127. The van der Waals surface area contributed by atoms with Crippen molar-refractivity contribution in [1.29, 1.82) is 5.26 Å². The van der Waals surface area contributed by atoms with Gasteiger partial charge in [0.05, 0.1) is 17.0 Å². The number of rotatable bonds is 4. The molecule has 0 radical (unpaired) electrons. The number of hydrogen-bond donors (Lipinski definition) is 1. The summed E-state index contributed by atoms with van der Waals surface area (Å²) in [6.45, 7) is -0.530. The van der Waals surface area contributed by atoms with Crippen LogP contribution in [0.4, 0.5) is 0 Å². The van der Waals surface area contributed by atoms with Crippen LogP contribution in [0.5, 0.6) is 5.75 Å². The Morgan fingerprint density at radius 2 is 1.79 bits per heavy atom. The van der Waals surface area contributed by atoms with E-state index in [1.807, 2.05) is 30.3 Å². The van der Waals surface area contributed by atoms with Crippen LogP contribution in [0.25, 0.3) is 21.7 Å². The second-order valence-corrected chi connectivity index (χ2v) is 6.39. The standard InChI is InChI=1S/C22H15N3O4/c23-9-10-25-20(24-18-8-4-3-7-16(18)21(25)27)13-29-22(28)17-11-14-5-1-2-6-15(14)12-19(17)26/h1-8,11-12,26H,10,13H2. The number of carbonyl (C=O) groups excluding carboxylic acids is 1. The number of ether oxygens (including phenoxy) is 1. The molecule has 7 heteroatoms. The molecule has 7 nitrogen and oxygen atoms in total. The molecule has 4 aromatic rings. The zero-order valence-corrected chi connectivity index (χ0v) is 15.2. The van der Waals surface area contributed by atoms with E-state index in [0.29, 0.717) is 10.9 Å². The maximum atomic E-state index is 12.6. The monoisotopic (exact) mass is 385 g/mol. The predicted octanol–water partition coefficient (Wildman–Crippen LogP) is 3.14. The van der Waals surface area contributed by atoms with Crippen LogP contribution in [0.1, 0.15) is 16.2 Å². The molecule has 0 fully saturated rings. The molecule has 0 aliphatic rings. The molecule has 3 aromatic carbocycles. The SMILES string of the molecule is N#CCn1c(COC(=O)c2cc3ccccc3cc2O)nc2ccccc2c1=O. The molecule has 29 heavy (non-hydrogen) atoms. The molecular weight excluding hydrogens is 370 g/mol. The molecule has 0 unspecified atom stereocenters. The van der Waals surface area contributed by atoms with Crippen LogP contribution in [0.3, 0.4) is 0 Å². The van der Waals surface area contributed by atoms with Crippen molar-refractivity contribution in [3.63, 3.8) is 0 Å². The number of para-hydroxylation sites is 1. The smallest absolute Gasteiger partial charge is 0.342 e. The van der Waals surface area contributed by atoms with Gasteiger partial charge < -0.3 is 9.84 Å². The lowest BCUT2D eigenvalue weighted by Gasteiger charge is -2.12. The highest BCUT2D eigenvalue weighted by atomic mass is 16.5. The molecule has 0 aliphatic heterocycles. The number of phenols is 1. The Bertz CT molecular complexity index is 1350. The number of nitriles is 1. The van der Waals surface area contributed by atoms with E-state index in [-0.39, 0.29) is 35.8 Å². The van der Waals surface area contributed by atoms with E-state index >= 15 is 0 Å². The van der Waals surface area contributed by atoms with Crippen LogP contribution >= 0.6 is 0 Å². The average Bonchev–Trinajstić information content (AvgIpc) is 2.74. The highest BCUT2D eigenvalue weighted by Crippen LogP contribution is 2.25. The van der Waals surface area contributed by atoms with Gasteiger partial charge in [0.2, 0.25) is 0 Å². The third-order valence-electron chi connectivity index (χ3n) is 4.59. The Balaban J connectivity index is 1.67. The number of aromatic hydroxyl groups is 1. The first-order valence-corrected chi connectivity index (χ1v) is 8.83. The Morgan fingerprint density at radius 1 is 1.10 bits per heavy atom. The minimum Gasteiger partial charge on any atom is -0.507 e. The average molecular weight is 385 g/mol. The van der Waals surface area contributed by atoms with Gasteiger partial charge in [-0.1, -0.05) is 36.4 Å². The number of carbonyl (C=O) groups is 1. The Kier molecular flexibility index (Phi) is 4.67. The van der Waals surface area contributed by atoms with Crippen molar-refractivity contribution >= 4 is 27.6 Å². The number of esters is 1. The van der Waals surface area contributed by atoms with Crippen LogP contribution in [0, 0.1) is 11.3 Å². The van der Waals surface area contributed by atoms with Crippen molar-refractivity contribution in [3.8, 4) is 11.8 Å². The lowest BCUT2D eigenvalue weighted by Crippen LogP contribution is -2.26. The summed E-state index contributed by atoms with van der Waals surface area (Å²) in [6, 6.07) is 19.0. The van der Waals surface area contributed by atoms with Gasteiger partial charge in [-0.3, -0.25) is 9.36 Å². The predicted molar refractivity (Wildman–Crippen MR) is 106 cm³/mol. The lowest BCUT2D eigenvalue weighted by atomic mass is 10.1. The Labute approximate surface area is 165 Å². The normalized spacial score (nSPS) is 10.7. The van der Waals surface area contributed by atoms with Crippen LogP contribution in [-0.4, -0.2) is 20.6 Å². The number of phenolic OH excluding ortho intramolecular Hbond substituents is 1. The van der Waals surface area contributed by atoms with E-state index in [1.165, 1.54) is 10.6 Å². The highest BCUT2D eigenvalue weighted by Gasteiger charge is 2.17. The summed E-state index contributed by atoms with van der Waals surface area (Å²) in [5, 5.41) is 21.2. The fourth-order valence-corrected chi connectivity index (χ4v) is 3.16. The van der Waals surface area contributed by atoms with E-state index in [1.54, 1.807) is 30.3 Å². The van der Waals surface area contributed by atoms with Gasteiger partial charge in [-0.25, -0.2) is 9.78 Å². The zero-order valence-electron chi connectivity index (χ0n) is 15.2. The number of benzene rings is 3. The first-order valence-electron chi connectivity index (χ1n) is 8.83. The summed E-state index contributed by atoms with van der Waals surface area (Å²) in [6.07, 6.45) is 0. The molecule has 1 aromatic heterocycles. The van der Waals surface area contributed by atoms with Crippen LogP contribution < -0.4 is 5.56 Å². The van der Waals surface area contributed by atoms with Gasteiger partial charge in [0, 0.05) is 0 Å². The first kappa shape index (κ1) is 18.2. The van der Waals surface area contributed by atoms with Gasteiger partial charge in [0.25, 0.3) is 5.56 Å². The van der Waals surface area contributed by atoms with E-state index in [4.69, 9.17) is 10.00 Å². The second kappa shape index (κ2) is 7.44. The van der Waals surface area contributed by atoms with Crippen molar-refractivity contribution in [3.05, 3.63) is 82.4 Å². The maximum absolute atomic E-state index is 12.6. The number of hydrogen-bond acceptors (Lipinski definition) is 6. The molecule has 142 valence electrons. The fourth-order valence-electron chi connectivity index (χ4n) is 3.16. The summed E-state index contributed by atoms with van der Waals surface area (Å²) in [5.41, 5.74) is 0.0849. The third kappa shape index (κ3) is 3.39. The van der Waals surface area contributed by atoms with Crippen LogP contribution in [0.15, 0.2) is 65.5 Å². The molecule has 0 spiro atoms. The Morgan fingerprint density at radius 3 is 2.55 bits per heavy atom. The molecule has 0 saturated carbocycles. The highest BCUT2D eigenvalue weighted by molar-refractivity contribution is 5.98. The van der Waals surface area contributed by atoms with Gasteiger partial charge in [0.1, 0.15) is 24.5 Å². The van der Waals surface area contributed by atoms with Crippen molar-refractivity contribution in [2.45, 2.75) is 13.2 Å². The van der Waals surface area contributed by atoms with E-state index in [2.05, 4.69) is 4.98 Å². The lowest BCUT2D eigenvalue weighted by molar-refractivity contribution is 0.0454. The summed E-state index contributed by atoms with van der Waals surface area (Å²) >= 11 is 0. The molecule has 1 N–H and O–H groups in total. The first-order chi connectivity index (χ1) is 14.1. The quantitative estimate of drug-likeness (QED) is 0.541. The third-order valence-corrected chi connectivity index (χ3v) is 4.59.